The summed E-state index contributed by atoms with van der Waals surface area (Å²) in [5.74, 6) is 2.21. The molecule has 1 aromatic carbocycles. The van der Waals surface area contributed by atoms with E-state index >= 15 is 0 Å². The summed E-state index contributed by atoms with van der Waals surface area (Å²) in [6.45, 7) is 0. The van der Waals surface area contributed by atoms with E-state index in [0.29, 0.717) is 17.5 Å². The third kappa shape index (κ3) is 2.82. The number of nitrogens with zero attached hydrogens (tertiary/aromatic N) is 5. The fourth-order valence-corrected chi connectivity index (χ4v) is 3.32. The molecule has 1 aliphatic carbocycles. The molecular formula is C17H20N6O. The minimum atomic E-state index is 0.324. The molecule has 0 bridgehead atoms. The Morgan fingerprint density at radius 3 is 2.79 bits per heavy atom. The SMILES string of the molecule is COc1ccc(-n2nnc3cnc(C[C@@H]4CC[C@H](N)C4)nc32)cc1. The summed E-state index contributed by atoms with van der Waals surface area (Å²) < 4.78 is 6.93. The van der Waals surface area contributed by atoms with Gasteiger partial charge in [0.2, 0.25) is 0 Å². The second-order valence-corrected chi connectivity index (χ2v) is 6.34. The van der Waals surface area contributed by atoms with Gasteiger partial charge in [-0.2, -0.15) is 4.68 Å². The maximum Gasteiger partial charge on any atom is 0.187 e. The molecule has 7 nitrogen and oxygen atoms in total. The summed E-state index contributed by atoms with van der Waals surface area (Å²) in [4.78, 5) is 9.14. The van der Waals surface area contributed by atoms with Crippen molar-refractivity contribution < 1.29 is 4.74 Å². The van der Waals surface area contributed by atoms with Crippen molar-refractivity contribution in [2.45, 2.75) is 31.7 Å². The van der Waals surface area contributed by atoms with Crippen LogP contribution < -0.4 is 10.5 Å². The van der Waals surface area contributed by atoms with Gasteiger partial charge >= 0.3 is 0 Å². The maximum atomic E-state index is 6.00. The number of fused-ring (bicyclic) bond motifs is 1. The maximum absolute atomic E-state index is 6.00. The second kappa shape index (κ2) is 6.16. The zero-order valence-corrected chi connectivity index (χ0v) is 13.6. The quantitative estimate of drug-likeness (QED) is 0.788. The van der Waals surface area contributed by atoms with Gasteiger partial charge in [0.1, 0.15) is 11.6 Å². The molecular weight excluding hydrogens is 304 g/mol. The van der Waals surface area contributed by atoms with Crippen molar-refractivity contribution in [1.29, 1.82) is 0 Å². The fraction of sp³-hybridized carbons (Fsp3) is 0.412. The molecule has 3 aromatic rings. The van der Waals surface area contributed by atoms with Crippen LogP contribution >= 0.6 is 0 Å². The van der Waals surface area contributed by atoms with Crippen molar-refractivity contribution in [3.63, 3.8) is 0 Å². The van der Waals surface area contributed by atoms with Crippen molar-refractivity contribution in [2.24, 2.45) is 11.7 Å². The van der Waals surface area contributed by atoms with Gasteiger partial charge in [0.25, 0.3) is 0 Å². The highest BCUT2D eigenvalue weighted by Gasteiger charge is 2.23. The van der Waals surface area contributed by atoms with Gasteiger partial charge in [-0.25, -0.2) is 9.97 Å². The van der Waals surface area contributed by atoms with Crippen LogP contribution in [0.2, 0.25) is 0 Å². The van der Waals surface area contributed by atoms with Crippen LogP contribution in [0.3, 0.4) is 0 Å². The molecule has 0 amide bonds. The molecule has 24 heavy (non-hydrogen) atoms. The average molecular weight is 324 g/mol. The normalized spacial score (nSPS) is 20.6. The standard InChI is InChI=1S/C17H20N6O/c1-24-14-6-4-13(5-7-14)23-17-15(21-22-23)10-19-16(20-17)9-11-2-3-12(18)8-11/h4-7,10-12H,2-3,8-9,18H2,1H3/t11-,12+/m1/s1. The predicted octanol–water partition coefficient (Wildman–Crippen LogP) is 1.89. The monoisotopic (exact) mass is 324 g/mol. The molecule has 1 fully saturated rings. The number of ether oxygens (including phenoxy) is 1. The number of hydrogen-bond donors (Lipinski definition) is 1. The first-order valence-corrected chi connectivity index (χ1v) is 8.20. The van der Waals surface area contributed by atoms with Crippen LogP contribution in [0, 0.1) is 5.92 Å². The first-order valence-electron chi connectivity index (χ1n) is 8.20. The Hall–Kier alpha value is -2.54. The van der Waals surface area contributed by atoms with E-state index in [1.54, 1.807) is 18.0 Å². The van der Waals surface area contributed by atoms with E-state index in [1.165, 1.54) is 0 Å². The summed E-state index contributed by atoms with van der Waals surface area (Å²) in [6.07, 6.45) is 5.91. The molecule has 7 heteroatoms. The predicted molar refractivity (Wildman–Crippen MR) is 90.0 cm³/mol. The Morgan fingerprint density at radius 1 is 1.25 bits per heavy atom. The van der Waals surface area contributed by atoms with E-state index < -0.39 is 0 Å². The zero-order chi connectivity index (χ0) is 16.5. The Balaban J connectivity index is 1.65. The lowest BCUT2D eigenvalue weighted by Crippen LogP contribution is -2.15. The minimum Gasteiger partial charge on any atom is -0.497 e. The van der Waals surface area contributed by atoms with E-state index in [0.717, 1.165) is 48.6 Å². The number of rotatable bonds is 4. The van der Waals surface area contributed by atoms with Crippen molar-refractivity contribution >= 4 is 11.2 Å². The van der Waals surface area contributed by atoms with Gasteiger partial charge in [-0.15, -0.1) is 5.10 Å². The van der Waals surface area contributed by atoms with Crippen molar-refractivity contribution in [1.82, 2.24) is 25.0 Å². The molecule has 2 heterocycles. The summed E-state index contributed by atoms with van der Waals surface area (Å²) in [6, 6.07) is 7.98. The Bertz CT molecular complexity index is 844. The third-order valence-corrected chi connectivity index (χ3v) is 4.61. The molecule has 2 aromatic heterocycles. The van der Waals surface area contributed by atoms with Crippen LogP contribution in [0.15, 0.2) is 30.5 Å². The Kier molecular flexibility index (Phi) is 3.86. The fourth-order valence-electron chi connectivity index (χ4n) is 3.32. The van der Waals surface area contributed by atoms with Crippen LogP contribution in [0.4, 0.5) is 0 Å². The molecule has 0 saturated heterocycles. The molecule has 4 rings (SSSR count). The van der Waals surface area contributed by atoms with Gasteiger partial charge in [-0.1, -0.05) is 5.21 Å². The van der Waals surface area contributed by atoms with Crippen LogP contribution in [-0.2, 0) is 6.42 Å². The zero-order valence-electron chi connectivity index (χ0n) is 13.6. The molecule has 1 saturated carbocycles. The van der Waals surface area contributed by atoms with Crippen molar-refractivity contribution in [3.8, 4) is 11.4 Å². The summed E-state index contributed by atoms with van der Waals surface area (Å²) >= 11 is 0. The van der Waals surface area contributed by atoms with Crippen LogP contribution in [-0.4, -0.2) is 38.1 Å². The first kappa shape index (κ1) is 15.0. The summed E-state index contributed by atoms with van der Waals surface area (Å²) in [7, 11) is 1.65. The van der Waals surface area contributed by atoms with Gasteiger partial charge < -0.3 is 10.5 Å². The second-order valence-electron chi connectivity index (χ2n) is 6.34. The van der Waals surface area contributed by atoms with Gasteiger partial charge in [0, 0.05) is 12.5 Å². The molecule has 0 unspecified atom stereocenters. The van der Waals surface area contributed by atoms with Gasteiger partial charge in [0.05, 0.1) is 19.0 Å². The highest BCUT2D eigenvalue weighted by atomic mass is 16.5. The Morgan fingerprint density at radius 2 is 2.08 bits per heavy atom. The molecule has 1 aliphatic rings. The largest absolute Gasteiger partial charge is 0.497 e. The molecule has 0 radical (unpaired) electrons. The third-order valence-electron chi connectivity index (χ3n) is 4.61. The first-order chi connectivity index (χ1) is 11.7. The lowest BCUT2D eigenvalue weighted by molar-refractivity contribution is 0.414. The number of nitrogens with two attached hydrogens (primary N) is 1. The molecule has 0 aliphatic heterocycles. The van der Waals surface area contributed by atoms with E-state index in [1.807, 2.05) is 24.3 Å². The summed E-state index contributed by atoms with van der Waals surface area (Å²) in [5, 5.41) is 8.37. The van der Waals surface area contributed by atoms with Crippen LogP contribution in [0.1, 0.15) is 25.1 Å². The smallest absolute Gasteiger partial charge is 0.187 e. The highest BCUT2D eigenvalue weighted by molar-refractivity contribution is 5.70. The van der Waals surface area contributed by atoms with Crippen molar-refractivity contribution in [2.75, 3.05) is 7.11 Å². The van der Waals surface area contributed by atoms with Gasteiger partial charge in [-0.3, -0.25) is 0 Å². The van der Waals surface area contributed by atoms with E-state index in [-0.39, 0.29) is 0 Å². The highest BCUT2D eigenvalue weighted by Crippen LogP contribution is 2.27. The number of hydrogen-bond acceptors (Lipinski definition) is 6. The molecule has 124 valence electrons. The minimum absolute atomic E-state index is 0.324. The van der Waals surface area contributed by atoms with E-state index in [4.69, 9.17) is 15.5 Å². The molecule has 2 atom stereocenters. The lowest BCUT2D eigenvalue weighted by Gasteiger charge is -2.08. The lowest BCUT2D eigenvalue weighted by atomic mass is 10.0. The Labute approximate surface area is 139 Å². The molecule has 0 spiro atoms. The van der Waals surface area contributed by atoms with Crippen molar-refractivity contribution in [3.05, 3.63) is 36.3 Å². The van der Waals surface area contributed by atoms with Crippen LogP contribution in [0.5, 0.6) is 5.75 Å². The number of benzene rings is 1. The van der Waals surface area contributed by atoms with E-state index in [9.17, 15) is 0 Å². The summed E-state index contributed by atoms with van der Waals surface area (Å²) in [5.41, 5.74) is 8.32. The van der Waals surface area contributed by atoms with E-state index in [2.05, 4.69) is 15.3 Å². The topological polar surface area (TPSA) is 91.7 Å². The average Bonchev–Trinajstić information content (AvgIpc) is 3.21. The van der Waals surface area contributed by atoms with Crippen LogP contribution in [0.25, 0.3) is 16.9 Å². The van der Waals surface area contributed by atoms with Gasteiger partial charge in [0.15, 0.2) is 11.2 Å². The number of aromatic nitrogens is 5. The number of methoxy groups -OCH3 is 1. The molecule has 2 N–H and O–H groups in total. The van der Waals surface area contributed by atoms with Gasteiger partial charge in [-0.05, 0) is 49.4 Å².